The number of hydrogen-bond donors (Lipinski definition) is 0. The minimum atomic E-state index is -4.75. The van der Waals surface area contributed by atoms with Gasteiger partial charge in [-0.2, -0.15) is 23.7 Å². The van der Waals surface area contributed by atoms with Gasteiger partial charge in [-0.25, -0.2) is 0 Å². The normalized spacial score (nSPS) is 11.6. The highest BCUT2D eigenvalue weighted by atomic mass is 19.4. The van der Waals surface area contributed by atoms with E-state index < -0.39 is 11.7 Å². The van der Waals surface area contributed by atoms with Gasteiger partial charge in [-0.3, -0.25) is 9.97 Å². The zero-order valence-electron chi connectivity index (χ0n) is 37.0. The largest absolute Gasteiger partial charge is 0.416 e. The van der Waals surface area contributed by atoms with Gasteiger partial charge in [0.25, 0.3) is 0 Å². The first kappa shape index (κ1) is 41.8. The van der Waals surface area contributed by atoms with E-state index in [2.05, 4.69) is 69.1 Å². The van der Waals surface area contributed by atoms with Crippen LogP contribution in [-0.4, -0.2) is 19.1 Å². The SMILES string of the molecule is N#Cc1cc(-c2ccc(-n3c4ccccc4c4ccc(-c5ccnc(-c6ccccc6)c5)cc43)c(C#N)c2-n2c3ccccc3c3ccc(-c4ccnc(-c5ccccc5)c4)cc32)cc(C(F)(F)F)c1. The van der Waals surface area contributed by atoms with Crippen molar-refractivity contribution >= 4 is 43.6 Å². The minimum absolute atomic E-state index is 0.143. The zero-order chi connectivity index (χ0) is 47.5. The highest BCUT2D eigenvalue weighted by Gasteiger charge is 2.32. The smallest absolute Gasteiger partial charge is 0.308 e. The van der Waals surface area contributed by atoms with Crippen LogP contribution < -0.4 is 0 Å². The van der Waals surface area contributed by atoms with Gasteiger partial charge in [0.2, 0.25) is 0 Å². The number of rotatable bonds is 7. The van der Waals surface area contributed by atoms with E-state index >= 15 is 0 Å². The van der Waals surface area contributed by atoms with Crippen molar-refractivity contribution in [1.29, 1.82) is 10.5 Å². The molecule has 0 saturated carbocycles. The molecule has 330 valence electrons. The molecule has 0 unspecified atom stereocenters. The molecule has 0 saturated heterocycles. The Morgan fingerprint density at radius 2 is 0.900 bits per heavy atom. The topological polar surface area (TPSA) is 83.2 Å². The second-order valence-corrected chi connectivity index (χ2v) is 17.1. The Hall–Kier alpha value is -9.57. The van der Waals surface area contributed by atoms with Crippen LogP contribution in [0.4, 0.5) is 13.2 Å². The number of benzene rings is 8. The summed E-state index contributed by atoms with van der Waals surface area (Å²) in [6.45, 7) is 0. The van der Waals surface area contributed by atoms with Crippen LogP contribution in [0.5, 0.6) is 0 Å². The maximum Gasteiger partial charge on any atom is 0.416 e. The first-order chi connectivity index (χ1) is 34.2. The Morgan fingerprint density at radius 3 is 1.44 bits per heavy atom. The van der Waals surface area contributed by atoms with Crippen LogP contribution in [0.25, 0.3) is 111 Å². The molecule has 9 heteroatoms. The first-order valence-corrected chi connectivity index (χ1v) is 22.6. The Morgan fingerprint density at radius 1 is 0.400 bits per heavy atom. The Bertz CT molecular complexity index is 4140. The molecule has 0 aliphatic heterocycles. The summed E-state index contributed by atoms with van der Waals surface area (Å²) in [7, 11) is 0. The van der Waals surface area contributed by atoms with Gasteiger partial charge < -0.3 is 9.13 Å². The van der Waals surface area contributed by atoms with Gasteiger partial charge in [0.1, 0.15) is 11.6 Å². The molecule has 6 nitrogen and oxygen atoms in total. The Kier molecular flexibility index (Phi) is 9.94. The zero-order valence-corrected chi connectivity index (χ0v) is 37.0. The van der Waals surface area contributed by atoms with E-state index in [1.165, 1.54) is 6.07 Å². The van der Waals surface area contributed by atoms with Crippen LogP contribution in [0, 0.1) is 22.7 Å². The van der Waals surface area contributed by atoms with Gasteiger partial charge in [-0.05, 0) is 101 Å². The predicted octanol–water partition coefficient (Wildman–Crippen LogP) is 15.8. The molecule has 4 heterocycles. The third-order valence-electron chi connectivity index (χ3n) is 13.1. The van der Waals surface area contributed by atoms with Crippen LogP contribution in [-0.2, 0) is 6.18 Å². The molecule has 12 aromatic rings. The molecule has 0 atom stereocenters. The first-order valence-electron chi connectivity index (χ1n) is 22.6. The summed E-state index contributed by atoms with van der Waals surface area (Å²) in [4.78, 5) is 9.34. The second kappa shape index (κ2) is 16.6. The van der Waals surface area contributed by atoms with Crippen LogP contribution in [0.1, 0.15) is 16.7 Å². The number of halogens is 3. The van der Waals surface area contributed by atoms with Crippen molar-refractivity contribution in [2.45, 2.75) is 6.18 Å². The van der Waals surface area contributed by atoms with E-state index in [1.807, 2.05) is 138 Å². The number of nitriles is 2. The fourth-order valence-corrected chi connectivity index (χ4v) is 9.91. The van der Waals surface area contributed by atoms with Gasteiger partial charge in [0, 0.05) is 50.6 Å². The molecule has 0 radical (unpaired) electrons. The number of pyridine rings is 2. The molecular formula is C61H35F3N6. The Balaban J connectivity index is 1.16. The van der Waals surface area contributed by atoms with Crippen LogP contribution >= 0.6 is 0 Å². The average molecular weight is 909 g/mol. The standard InChI is InChI=1S/C61H35F3N6/c62-61(63,64)46-30-38(36-65)29-45(31-46)47-23-24-57(69-55-17-9-7-15-48(55)50-21-19-41(34-58(50)69)43-25-27-67-53(32-43)39-11-3-1-4-12-39)52(37-66)60(47)70-56-18-10-8-16-49(56)51-22-20-42(35-59(51)70)44-26-28-68-54(33-44)40-13-5-2-6-14-40/h1-35H. The van der Waals surface area contributed by atoms with Gasteiger partial charge in [-0.15, -0.1) is 0 Å². The maximum absolute atomic E-state index is 14.7. The van der Waals surface area contributed by atoms with E-state index in [4.69, 9.17) is 0 Å². The van der Waals surface area contributed by atoms with Gasteiger partial charge in [0.05, 0.1) is 62.0 Å². The summed E-state index contributed by atoms with van der Waals surface area (Å²) in [6.07, 6.45) is -1.17. The Labute approximate surface area is 399 Å². The molecule has 0 spiro atoms. The lowest BCUT2D eigenvalue weighted by atomic mass is 9.95. The summed E-state index contributed by atoms with van der Waals surface area (Å²) < 4.78 is 48.2. The van der Waals surface area contributed by atoms with E-state index in [-0.39, 0.29) is 16.7 Å². The van der Waals surface area contributed by atoms with E-state index in [0.29, 0.717) is 16.9 Å². The summed E-state index contributed by atoms with van der Waals surface area (Å²) in [5.74, 6) is 0. The molecule has 0 aliphatic rings. The van der Waals surface area contributed by atoms with Crippen molar-refractivity contribution in [2.24, 2.45) is 0 Å². The number of alkyl halides is 3. The minimum Gasteiger partial charge on any atom is -0.308 e. The third-order valence-corrected chi connectivity index (χ3v) is 13.1. The average Bonchev–Trinajstić information content (AvgIpc) is 3.92. The summed E-state index contributed by atoms with van der Waals surface area (Å²) in [6, 6.07) is 67.7. The lowest BCUT2D eigenvalue weighted by Gasteiger charge is -2.21. The van der Waals surface area contributed by atoms with Crippen molar-refractivity contribution in [2.75, 3.05) is 0 Å². The summed E-state index contributed by atoms with van der Waals surface area (Å²) in [5.41, 5.74) is 10.9. The predicted molar refractivity (Wildman–Crippen MR) is 272 cm³/mol. The third kappa shape index (κ3) is 7.04. The molecule has 0 N–H and O–H groups in total. The van der Waals surface area contributed by atoms with Crippen molar-refractivity contribution in [3.8, 4) is 79.4 Å². The fraction of sp³-hybridized carbons (Fsp3) is 0.0164. The summed E-state index contributed by atoms with van der Waals surface area (Å²) in [5, 5.41) is 25.6. The number of nitrogens with zero attached hydrogens (tertiary/aromatic N) is 6. The number of aromatic nitrogens is 4. The van der Waals surface area contributed by atoms with Crippen molar-refractivity contribution in [3.05, 3.63) is 229 Å². The molecule has 70 heavy (non-hydrogen) atoms. The fourth-order valence-electron chi connectivity index (χ4n) is 9.91. The van der Waals surface area contributed by atoms with Crippen LogP contribution in [0.15, 0.2) is 213 Å². The molecule has 12 rings (SSSR count). The highest BCUT2D eigenvalue weighted by molar-refractivity contribution is 6.13. The molecule has 0 aliphatic carbocycles. The maximum atomic E-state index is 14.7. The van der Waals surface area contributed by atoms with Crippen LogP contribution in [0.3, 0.4) is 0 Å². The second-order valence-electron chi connectivity index (χ2n) is 17.1. The summed E-state index contributed by atoms with van der Waals surface area (Å²) >= 11 is 0. The van der Waals surface area contributed by atoms with E-state index in [1.54, 1.807) is 18.5 Å². The van der Waals surface area contributed by atoms with Crippen LogP contribution in [0.2, 0.25) is 0 Å². The van der Waals surface area contributed by atoms with Gasteiger partial charge in [-0.1, -0.05) is 127 Å². The quantitative estimate of drug-likeness (QED) is 0.159. The lowest BCUT2D eigenvalue weighted by molar-refractivity contribution is -0.137. The molecule has 8 aromatic carbocycles. The van der Waals surface area contributed by atoms with E-state index in [0.717, 1.165) is 101 Å². The number of fused-ring (bicyclic) bond motifs is 6. The van der Waals surface area contributed by atoms with E-state index in [9.17, 15) is 23.7 Å². The lowest BCUT2D eigenvalue weighted by Crippen LogP contribution is -2.08. The van der Waals surface area contributed by atoms with Crippen molar-refractivity contribution in [3.63, 3.8) is 0 Å². The van der Waals surface area contributed by atoms with Gasteiger partial charge >= 0.3 is 6.18 Å². The van der Waals surface area contributed by atoms with Crippen molar-refractivity contribution in [1.82, 2.24) is 19.1 Å². The van der Waals surface area contributed by atoms with Gasteiger partial charge in [0.15, 0.2) is 0 Å². The monoisotopic (exact) mass is 908 g/mol. The van der Waals surface area contributed by atoms with Crippen molar-refractivity contribution < 1.29 is 13.2 Å². The molecule has 0 amide bonds. The highest BCUT2D eigenvalue weighted by Crippen LogP contribution is 2.44. The number of hydrogen-bond acceptors (Lipinski definition) is 4. The molecular weight excluding hydrogens is 874 g/mol. The molecule has 0 bridgehead atoms. The number of para-hydroxylation sites is 2. The molecule has 0 fully saturated rings. The molecule has 4 aromatic heterocycles.